The van der Waals surface area contributed by atoms with Crippen molar-refractivity contribution < 1.29 is 27.9 Å². The Bertz CT molecular complexity index is 1370. The summed E-state index contributed by atoms with van der Waals surface area (Å²) in [5.41, 5.74) is -1.46. The van der Waals surface area contributed by atoms with Crippen LogP contribution in [0.2, 0.25) is 0 Å². The van der Waals surface area contributed by atoms with Gasteiger partial charge in [-0.3, -0.25) is 9.36 Å². The summed E-state index contributed by atoms with van der Waals surface area (Å²) in [6.45, 7) is 1.43. The quantitative estimate of drug-likeness (QED) is 0.355. The van der Waals surface area contributed by atoms with E-state index in [1.807, 2.05) is 6.92 Å². The monoisotopic (exact) mass is 528 g/mol. The van der Waals surface area contributed by atoms with Gasteiger partial charge < -0.3 is 5.11 Å². The van der Waals surface area contributed by atoms with E-state index in [2.05, 4.69) is 0 Å². The molecule has 9 heteroatoms. The smallest absolute Gasteiger partial charge is 0.433 e. The molecule has 0 bridgehead atoms. The number of rotatable bonds is 8. The fourth-order valence-electron chi connectivity index (χ4n) is 5.39. The van der Waals surface area contributed by atoms with Gasteiger partial charge in [0, 0.05) is 5.92 Å². The van der Waals surface area contributed by atoms with Gasteiger partial charge in [0.05, 0.1) is 17.8 Å². The third kappa shape index (κ3) is 5.47. The summed E-state index contributed by atoms with van der Waals surface area (Å²) >= 11 is 0. The van der Waals surface area contributed by atoms with Crippen LogP contribution in [0.15, 0.2) is 53.3 Å². The molecular formula is C29H31F3N2O4. The average Bonchev–Trinajstić information content (AvgIpc) is 3.19. The van der Waals surface area contributed by atoms with Gasteiger partial charge in [0.1, 0.15) is 0 Å². The second-order valence-corrected chi connectivity index (χ2v) is 9.78. The number of hydrogen-bond donors (Lipinski definition) is 1. The van der Waals surface area contributed by atoms with E-state index in [4.69, 9.17) is 0 Å². The molecule has 1 aliphatic carbocycles. The summed E-state index contributed by atoms with van der Waals surface area (Å²) in [5.74, 6) is -2.72. The largest absolute Gasteiger partial charge is 0.478 e. The molecule has 1 aromatic heterocycles. The zero-order valence-electron chi connectivity index (χ0n) is 21.3. The third-order valence-electron chi connectivity index (χ3n) is 7.23. The van der Waals surface area contributed by atoms with Gasteiger partial charge in [-0.2, -0.15) is 13.2 Å². The molecule has 1 N–H and O–H groups in total. The second-order valence-electron chi connectivity index (χ2n) is 9.78. The number of benzene rings is 2. The van der Waals surface area contributed by atoms with Crippen LogP contribution in [0.1, 0.15) is 84.0 Å². The molecule has 1 saturated carbocycles. The summed E-state index contributed by atoms with van der Waals surface area (Å²) in [6, 6.07) is 13.5. The highest BCUT2D eigenvalue weighted by Gasteiger charge is 2.43. The minimum Gasteiger partial charge on any atom is -0.478 e. The first-order valence-electron chi connectivity index (χ1n) is 13.0. The molecule has 1 fully saturated rings. The molecule has 0 unspecified atom stereocenters. The third-order valence-corrected chi connectivity index (χ3v) is 7.23. The molecule has 4 rings (SSSR count). The molecule has 0 atom stereocenters. The number of carboxylic acid groups (broad SMARTS) is 1. The Morgan fingerprint density at radius 2 is 1.68 bits per heavy atom. The van der Waals surface area contributed by atoms with E-state index >= 15 is 0 Å². The minimum absolute atomic E-state index is 0.0632. The number of carbonyl (C=O) groups is 2. The van der Waals surface area contributed by atoms with Gasteiger partial charge in [-0.1, -0.05) is 81.1 Å². The van der Waals surface area contributed by atoms with E-state index in [0.29, 0.717) is 41.4 Å². The number of unbranched alkanes of at least 4 members (excludes halogenated alkanes) is 1. The fraction of sp³-hybridized carbons (Fsp3) is 0.414. The molecule has 0 spiro atoms. The van der Waals surface area contributed by atoms with Crippen LogP contribution in [-0.2, 0) is 19.1 Å². The van der Waals surface area contributed by atoms with Crippen molar-refractivity contribution in [3.8, 4) is 11.1 Å². The summed E-state index contributed by atoms with van der Waals surface area (Å²) in [5, 5.41) is 10.1. The first-order chi connectivity index (χ1) is 18.1. The molecule has 202 valence electrons. The number of nitrogens with zero attached hydrogens (tertiary/aromatic N) is 2. The van der Waals surface area contributed by atoms with E-state index in [9.17, 15) is 32.7 Å². The summed E-state index contributed by atoms with van der Waals surface area (Å²) in [6.07, 6.45) is -0.791. The highest BCUT2D eigenvalue weighted by Crippen LogP contribution is 2.35. The number of alkyl halides is 3. The molecule has 1 heterocycles. The van der Waals surface area contributed by atoms with Gasteiger partial charge >= 0.3 is 17.8 Å². The molecule has 2 aromatic carbocycles. The normalized spacial score (nSPS) is 14.5. The van der Waals surface area contributed by atoms with Gasteiger partial charge in [0.15, 0.2) is 5.69 Å². The molecule has 6 nitrogen and oxygen atoms in total. The molecule has 3 aromatic rings. The van der Waals surface area contributed by atoms with Crippen LogP contribution in [-0.4, -0.2) is 26.1 Å². The lowest BCUT2D eigenvalue weighted by Crippen LogP contribution is -2.36. The van der Waals surface area contributed by atoms with Crippen LogP contribution in [0.5, 0.6) is 0 Å². The van der Waals surface area contributed by atoms with Crippen molar-refractivity contribution in [2.24, 2.45) is 5.92 Å². The number of imidazole rings is 1. The Morgan fingerprint density at radius 1 is 1.00 bits per heavy atom. The highest BCUT2D eigenvalue weighted by molar-refractivity contribution is 5.97. The highest BCUT2D eigenvalue weighted by atomic mass is 19.4. The average molecular weight is 529 g/mol. The van der Waals surface area contributed by atoms with Gasteiger partial charge in [0.2, 0.25) is 5.91 Å². The van der Waals surface area contributed by atoms with E-state index in [1.165, 1.54) is 6.07 Å². The number of halogens is 3. The lowest BCUT2D eigenvalue weighted by atomic mass is 9.88. The van der Waals surface area contributed by atoms with Crippen LogP contribution in [0.25, 0.3) is 11.1 Å². The van der Waals surface area contributed by atoms with Crippen molar-refractivity contribution >= 4 is 11.9 Å². The number of carboxylic acids is 1. The standard InChI is InChI=1S/C29H31F3N2O4/c1-2-3-17-23-25(29(30,31)32)34(26(35)20-13-8-5-9-14-20)28(38)33(23)18-21-15-10-16-22(24(21)27(36)37)19-11-6-4-7-12-19/h4,6-7,10-12,15-16,20H,2-3,5,8-9,13-14,17-18H2,1H3,(H,36,37). The topological polar surface area (TPSA) is 81.3 Å². The molecule has 0 saturated heterocycles. The molecule has 38 heavy (non-hydrogen) atoms. The molecule has 0 radical (unpaired) electrons. The van der Waals surface area contributed by atoms with Crippen molar-refractivity contribution in [3.05, 3.63) is 81.5 Å². The maximum absolute atomic E-state index is 14.5. The lowest BCUT2D eigenvalue weighted by Gasteiger charge is -2.21. The van der Waals surface area contributed by atoms with Gasteiger partial charge in [0.25, 0.3) is 0 Å². The Balaban J connectivity index is 1.91. The summed E-state index contributed by atoms with van der Waals surface area (Å²) in [4.78, 5) is 39.3. The second kappa shape index (κ2) is 11.4. The first kappa shape index (κ1) is 27.4. The predicted molar refractivity (Wildman–Crippen MR) is 137 cm³/mol. The maximum Gasteiger partial charge on any atom is 0.433 e. The van der Waals surface area contributed by atoms with Crippen LogP contribution in [0.4, 0.5) is 13.2 Å². The zero-order chi connectivity index (χ0) is 27.4. The minimum atomic E-state index is -4.93. The Kier molecular flexibility index (Phi) is 8.23. The molecule has 1 aliphatic rings. The van der Waals surface area contributed by atoms with Crippen molar-refractivity contribution in [1.29, 1.82) is 0 Å². The van der Waals surface area contributed by atoms with E-state index in [1.54, 1.807) is 42.5 Å². The molecule has 0 aliphatic heterocycles. The first-order valence-corrected chi connectivity index (χ1v) is 13.0. The Morgan fingerprint density at radius 3 is 2.29 bits per heavy atom. The van der Waals surface area contributed by atoms with Crippen molar-refractivity contribution in [1.82, 2.24) is 9.13 Å². The Hall–Kier alpha value is -3.62. The van der Waals surface area contributed by atoms with Gasteiger partial charge in [-0.05, 0) is 42.4 Å². The van der Waals surface area contributed by atoms with Gasteiger partial charge in [-0.25, -0.2) is 14.2 Å². The van der Waals surface area contributed by atoms with Crippen molar-refractivity contribution in [2.45, 2.75) is 71.0 Å². The van der Waals surface area contributed by atoms with Gasteiger partial charge in [-0.15, -0.1) is 0 Å². The summed E-state index contributed by atoms with van der Waals surface area (Å²) < 4.78 is 44.7. The number of carbonyl (C=O) groups excluding carboxylic acids is 1. The Labute approximate surface area is 218 Å². The lowest BCUT2D eigenvalue weighted by molar-refractivity contribution is -0.143. The number of aromatic nitrogens is 2. The fourth-order valence-corrected chi connectivity index (χ4v) is 5.39. The van der Waals surface area contributed by atoms with E-state index in [-0.39, 0.29) is 23.2 Å². The summed E-state index contributed by atoms with van der Waals surface area (Å²) in [7, 11) is 0. The van der Waals surface area contributed by atoms with Crippen molar-refractivity contribution in [3.63, 3.8) is 0 Å². The van der Waals surface area contributed by atoms with E-state index < -0.39 is 41.9 Å². The van der Waals surface area contributed by atoms with E-state index in [0.717, 1.165) is 23.8 Å². The number of aromatic carboxylic acids is 1. The molecule has 0 amide bonds. The van der Waals surface area contributed by atoms with Crippen LogP contribution in [0.3, 0.4) is 0 Å². The van der Waals surface area contributed by atoms with Crippen LogP contribution in [0, 0.1) is 5.92 Å². The maximum atomic E-state index is 14.5. The van der Waals surface area contributed by atoms with Crippen molar-refractivity contribution in [2.75, 3.05) is 0 Å². The van der Waals surface area contributed by atoms with Crippen LogP contribution < -0.4 is 5.69 Å². The SMILES string of the molecule is CCCCc1c(C(F)(F)F)n(C(=O)C2CCCCC2)c(=O)n1Cc1cccc(-c2ccccc2)c1C(=O)O. The molecular weight excluding hydrogens is 497 g/mol. The van der Waals surface area contributed by atoms with Crippen LogP contribution >= 0.6 is 0 Å². The zero-order valence-corrected chi connectivity index (χ0v) is 21.3. The predicted octanol–water partition coefficient (Wildman–Crippen LogP) is 6.65. The number of hydrogen-bond acceptors (Lipinski definition) is 3.